The van der Waals surface area contributed by atoms with Gasteiger partial charge in [-0.05, 0) is 24.3 Å². The molecule has 0 saturated heterocycles. The summed E-state index contributed by atoms with van der Waals surface area (Å²) in [7, 11) is 0. The Bertz CT molecular complexity index is 897. The first-order chi connectivity index (χ1) is 10.1. The minimum atomic E-state index is -0.357. The minimum absolute atomic E-state index is 0.0596. The molecule has 21 heavy (non-hydrogen) atoms. The van der Waals surface area contributed by atoms with Crippen LogP contribution in [0.5, 0.6) is 0 Å². The summed E-state index contributed by atoms with van der Waals surface area (Å²) in [6.07, 6.45) is 1.33. The fourth-order valence-electron chi connectivity index (χ4n) is 2.05. The normalized spacial score (nSPS) is 11.7. The molecule has 104 valence electrons. The number of aliphatic hydroxyl groups is 1. The SMILES string of the molecule is Nc1cccc(C(O)=Cc2nc3ccccc3[nH]c2=O)c1. The lowest BCUT2D eigenvalue weighted by Crippen LogP contribution is -2.12. The van der Waals surface area contributed by atoms with Gasteiger partial charge in [-0.3, -0.25) is 4.79 Å². The lowest BCUT2D eigenvalue weighted by atomic mass is 10.1. The predicted octanol–water partition coefficient (Wildman–Crippen LogP) is 2.56. The lowest BCUT2D eigenvalue weighted by molar-refractivity contribution is 0.515. The number of aromatic amines is 1. The molecule has 0 atom stereocenters. The maximum absolute atomic E-state index is 12.0. The van der Waals surface area contributed by atoms with Crippen LogP contribution in [0.15, 0.2) is 53.3 Å². The van der Waals surface area contributed by atoms with E-state index in [0.29, 0.717) is 22.3 Å². The van der Waals surface area contributed by atoms with Crippen molar-refractivity contribution in [1.29, 1.82) is 0 Å². The molecule has 3 rings (SSSR count). The molecule has 0 bridgehead atoms. The second kappa shape index (κ2) is 5.13. The van der Waals surface area contributed by atoms with E-state index in [-0.39, 0.29) is 17.0 Å². The minimum Gasteiger partial charge on any atom is -0.507 e. The zero-order valence-corrected chi connectivity index (χ0v) is 11.1. The highest BCUT2D eigenvalue weighted by atomic mass is 16.3. The first-order valence-corrected chi connectivity index (χ1v) is 6.39. The Hall–Kier alpha value is -3.08. The third-order valence-corrected chi connectivity index (χ3v) is 3.08. The Morgan fingerprint density at radius 2 is 2.00 bits per heavy atom. The molecule has 3 aromatic rings. The number of nitrogens with zero attached hydrogens (tertiary/aromatic N) is 1. The van der Waals surface area contributed by atoms with Crippen molar-refractivity contribution in [3.63, 3.8) is 0 Å². The van der Waals surface area contributed by atoms with Gasteiger partial charge in [0.2, 0.25) is 0 Å². The van der Waals surface area contributed by atoms with E-state index in [9.17, 15) is 9.90 Å². The highest BCUT2D eigenvalue weighted by Crippen LogP contribution is 2.16. The molecule has 5 nitrogen and oxygen atoms in total. The number of rotatable bonds is 2. The van der Waals surface area contributed by atoms with Crippen LogP contribution >= 0.6 is 0 Å². The summed E-state index contributed by atoms with van der Waals surface area (Å²) in [6.45, 7) is 0. The molecule has 4 N–H and O–H groups in total. The first kappa shape index (κ1) is 12.9. The van der Waals surface area contributed by atoms with Crippen molar-refractivity contribution in [2.45, 2.75) is 0 Å². The zero-order chi connectivity index (χ0) is 14.8. The van der Waals surface area contributed by atoms with Crippen molar-refractivity contribution in [3.8, 4) is 0 Å². The van der Waals surface area contributed by atoms with E-state index in [1.165, 1.54) is 6.08 Å². The summed E-state index contributed by atoms with van der Waals surface area (Å²) in [4.78, 5) is 18.9. The van der Waals surface area contributed by atoms with Crippen molar-refractivity contribution >= 4 is 28.6 Å². The third-order valence-electron chi connectivity index (χ3n) is 3.08. The number of aromatic nitrogens is 2. The smallest absolute Gasteiger partial charge is 0.274 e. The van der Waals surface area contributed by atoms with E-state index in [4.69, 9.17) is 5.73 Å². The van der Waals surface area contributed by atoms with Gasteiger partial charge in [-0.25, -0.2) is 4.98 Å². The second-order valence-electron chi connectivity index (χ2n) is 4.62. The number of anilines is 1. The van der Waals surface area contributed by atoms with Crippen molar-refractivity contribution in [2.24, 2.45) is 0 Å². The molecule has 0 amide bonds. The van der Waals surface area contributed by atoms with Crippen LogP contribution in [0.2, 0.25) is 0 Å². The summed E-state index contributed by atoms with van der Waals surface area (Å²) in [5.41, 5.74) is 7.84. The number of nitrogen functional groups attached to an aromatic ring is 1. The van der Waals surface area contributed by atoms with Gasteiger partial charge in [0, 0.05) is 17.3 Å². The molecular weight excluding hydrogens is 266 g/mol. The highest BCUT2D eigenvalue weighted by molar-refractivity contribution is 5.79. The first-order valence-electron chi connectivity index (χ1n) is 6.39. The maximum atomic E-state index is 12.0. The van der Waals surface area contributed by atoms with Crippen LogP contribution in [0, 0.1) is 0 Å². The average Bonchev–Trinajstić information content (AvgIpc) is 2.48. The van der Waals surface area contributed by atoms with Gasteiger partial charge in [0.05, 0.1) is 11.0 Å². The van der Waals surface area contributed by atoms with Gasteiger partial charge in [-0.15, -0.1) is 0 Å². The molecule has 0 radical (unpaired) electrons. The fraction of sp³-hybridized carbons (Fsp3) is 0. The Balaban J connectivity index is 2.10. The second-order valence-corrected chi connectivity index (χ2v) is 4.62. The molecule has 0 fully saturated rings. The molecule has 0 spiro atoms. The number of fused-ring (bicyclic) bond motifs is 1. The number of benzene rings is 2. The third kappa shape index (κ3) is 2.62. The topological polar surface area (TPSA) is 92.0 Å². The number of hydrogen-bond acceptors (Lipinski definition) is 4. The van der Waals surface area contributed by atoms with Gasteiger partial charge >= 0.3 is 0 Å². The van der Waals surface area contributed by atoms with Crippen molar-refractivity contribution < 1.29 is 5.11 Å². The van der Waals surface area contributed by atoms with Crippen LogP contribution in [0.25, 0.3) is 22.9 Å². The Morgan fingerprint density at radius 3 is 2.81 bits per heavy atom. The molecule has 0 aliphatic rings. The number of nitrogens with two attached hydrogens (primary N) is 1. The van der Waals surface area contributed by atoms with E-state index >= 15 is 0 Å². The molecule has 0 aliphatic heterocycles. The highest BCUT2D eigenvalue weighted by Gasteiger charge is 2.05. The maximum Gasteiger partial charge on any atom is 0.274 e. The van der Waals surface area contributed by atoms with Crippen LogP contribution in [-0.4, -0.2) is 15.1 Å². The van der Waals surface area contributed by atoms with E-state index in [1.807, 2.05) is 12.1 Å². The summed E-state index contributed by atoms with van der Waals surface area (Å²) in [6, 6.07) is 14.0. The van der Waals surface area contributed by atoms with Gasteiger partial charge in [0.15, 0.2) is 0 Å². The summed E-state index contributed by atoms with van der Waals surface area (Å²) < 4.78 is 0. The summed E-state index contributed by atoms with van der Waals surface area (Å²) >= 11 is 0. The van der Waals surface area contributed by atoms with Crippen LogP contribution in [-0.2, 0) is 0 Å². The molecule has 5 heteroatoms. The quantitative estimate of drug-likeness (QED) is 0.496. The molecule has 0 aliphatic carbocycles. The molecule has 0 unspecified atom stereocenters. The summed E-state index contributed by atoms with van der Waals surface area (Å²) in [5.74, 6) is -0.0596. The average molecular weight is 279 g/mol. The van der Waals surface area contributed by atoms with Gasteiger partial charge in [-0.2, -0.15) is 0 Å². The van der Waals surface area contributed by atoms with Gasteiger partial charge in [-0.1, -0.05) is 24.3 Å². The van der Waals surface area contributed by atoms with Gasteiger partial charge < -0.3 is 15.8 Å². The molecule has 1 heterocycles. The van der Waals surface area contributed by atoms with Gasteiger partial charge in [0.1, 0.15) is 11.5 Å². The summed E-state index contributed by atoms with van der Waals surface area (Å²) in [5, 5.41) is 10.1. The molecule has 1 aromatic heterocycles. The van der Waals surface area contributed by atoms with E-state index in [1.54, 1.807) is 36.4 Å². The van der Waals surface area contributed by atoms with E-state index in [2.05, 4.69) is 9.97 Å². The number of hydrogen-bond donors (Lipinski definition) is 3. The van der Waals surface area contributed by atoms with E-state index < -0.39 is 0 Å². The van der Waals surface area contributed by atoms with Crippen molar-refractivity contribution in [3.05, 3.63) is 70.1 Å². The van der Waals surface area contributed by atoms with Crippen LogP contribution < -0.4 is 11.3 Å². The number of H-pyrrole nitrogens is 1. The number of para-hydroxylation sites is 2. The van der Waals surface area contributed by atoms with Crippen LogP contribution in [0.1, 0.15) is 11.3 Å². The largest absolute Gasteiger partial charge is 0.507 e. The van der Waals surface area contributed by atoms with Gasteiger partial charge in [0.25, 0.3) is 5.56 Å². The monoisotopic (exact) mass is 279 g/mol. The fourth-order valence-corrected chi connectivity index (χ4v) is 2.05. The molecular formula is C16H13N3O2. The van der Waals surface area contributed by atoms with Crippen LogP contribution in [0.3, 0.4) is 0 Å². The van der Waals surface area contributed by atoms with Crippen molar-refractivity contribution in [1.82, 2.24) is 9.97 Å². The van der Waals surface area contributed by atoms with E-state index in [0.717, 1.165) is 0 Å². The Kier molecular flexibility index (Phi) is 3.16. The van der Waals surface area contributed by atoms with Crippen molar-refractivity contribution in [2.75, 3.05) is 5.73 Å². The number of nitrogens with one attached hydrogen (secondary N) is 1. The zero-order valence-electron chi connectivity index (χ0n) is 11.1. The predicted molar refractivity (Wildman–Crippen MR) is 83.7 cm³/mol. The standard InChI is InChI=1S/C16H13N3O2/c17-11-5-3-4-10(8-11)15(20)9-14-16(21)19-13-7-2-1-6-12(13)18-14/h1-9,20H,17H2,(H,19,21). The Morgan fingerprint density at radius 1 is 1.19 bits per heavy atom. The Labute approximate surface area is 120 Å². The van der Waals surface area contributed by atoms with Crippen LogP contribution in [0.4, 0.5) is 5.69 Å². The number of aliphatic hydroxyl groups excluding tert-OH is 1. The molecule has 2 aromatic carbocycles. The molecule has 0 saturated carbocycles. The lowest BCUT2D eigenvalue weighted by Gasteiger charge is -2.02.